The SMILES string of the molecule is CCCCC(O)CNC1(C(=O)O)CCCCC1. The fourth-order valence-corrected chi connectivity index (χ4v) is 2.48. The van der Waals surface area contributed by atoms with Gasteiger partial charge in [-0.15, -0.1) is 0 Å². The molecular weight excluding hydrogens is 218 g/mol. The largest absolute Gasteiger partial charge is 0.480 e. The summed E-state index contributed by atoms with van der Waals surface area (Å²) in [6.45, 7) is 2.48. The van der Waals surface area contributed by atoms with Crippen molar-refractivity contribution in [2.75, 3.05) is 6.54 Å². The number of aliphatic carboxylic acids is 1. The van der Waals surface area contributed by atoms with Gasteiger partial charge in [0.15, 0.2) is 0 Å². The Bertz CT molecular complexity index is 237. The summed E-state index contributed by atoms with van der Waals surface area (Å²) in [6, 6.07) is 0. The highest BCUT2D eigenvalue weighted by Gasteiger charge is 2.39. The number of unbranched alkanes of at least 4 members (excludes halogenated alkanes) is 1. The van der Waals surface area contributed by atoms with Gasteiger partial charge in [0.2, 0.25) is 0 Å². The van der Waals surface area contributed by atoms with Gasteiger partial charge in [0.25, 0.3) is 0 Å². The minimum Gasteiger partial charge on any atom is -0.480 e. The minimum atomic E-state index is -0.786. The molecule has 0 radical (unpaired) electrons. The first kappa shape index (κ1) is 14.5. The van der Waals surface area contributed by atoms with E-state index in [1.165, 1.54) is 0 Å². The van der Waals surface area contributed by atoms with Crippen molar-refractivity contribution in [3.8, 4) is 0 Å². The topological polar surface area (TPSA) is 69.6 Å². The number of carboxylic acids is 1. The van der Waals surface area contributed by atoms with E-state index in [1.807, 2.05) is 0 Å². The van der Waals surface area contributed by atoms with Crippen LogP contribution in [0.25, 0.3) is 0 Å². The lowest BCUT2D eigenvalue weighted by atomic mass is 9.81. The molecule has 0 aliphatic heterocycles. The van der Waals surface area contributed by atoms with Crippen LogP contribution < -0.4 is 5.32 Å². The number of rotatable bonds is 7. The monoisotopic (exact) mass is 243 g/mol. The summed E-state index contributed by atoms with van der Waals surface area (Å²) < 4.78 is 0. The normalized spacial score (nSPS) is 21.1. The van der Waals surface area contributed by atoms with Gasteiger partial charge >= 0.3 is 5.97 Å². The number of β-amino-alcohol motifs (C(OH)–C–C–N with tert-alkyl or cyclic N) is 1. The fourth-order valence-electron chi connectivity index (χ4n) is 2.48. The van der Waals surface area contributed by atoms with Crippen LogP contribution in [0.3, 0.4) is 0 Å². The average molecular weight is 243 g/mol. The Morgan fingerprint density at radius 1 is 1.35 bits per heavy atom. The number of carboxylic acid groups (broad SMARTS) is 1. The molecule has 4 nitrogen and oxygen atoms in total. The number of carbonyl (C=O) groups is 1. The summed E-state index contributed by atoms with van der Waals surface area (Å²) in [5.41, 5.74) is -0.786. The van der Waals surface area contributed by atoms with Crippen molar-refractivity contribution >= 4 is 5.97 Å². The highest BCUT2D eigenvalue weighted by Crippen LogP contribution is 2.28. The van der Waals surface area contributed by atoms with Crippen LogP contribution in [0.1, 0.15) is 58.3 Å². The summed E-state index contributed by atoms with van der Waals surface area (Å²) in [4.78, 5) is 11.4. The van der Waals surface area contributed by atoms with E-state index < -0.39 is 17.6 Å². The van der Waals surface area contributed by atoms with E-state index in [4.69, 9.17) is 0 Å². The van der Waals surface area contributed by atoms with Crippen molar-refractivity contribution in [1.29, 1.82) is 0 Å². The van der Waals surface area contributed by atoms with E-state index in [2.05, 4.69) is 12.2 Å². The summed E-state index contributed by atoms with van der Waals surface area (Å²) in [5.74, 6) is -0.764. The molecule has 1 unspecified atom stereocenters. The van der Waals surface area contributed by atoms with E-state index in [1.54, 1.807) is 0 Å². The predicted molar refractivity (Wildman–Crippen MR) is 67.0 cm³/mol. The van der Waals surface area contributed by atoms with Gasteiger partial charge in [0.1, 0.15) is 5.54 Å². The van der Waals surface area contributed by atoms with Gasteiger partial charge in [0.05, 0.1) is 6.10 Å². The molecule has 17 heavy (non-hydrogen) atoms. The van der Waals surface area contributed by atoms with Gasteiger partial charge in [-0.1, -0.05) is 39.0 Å². The van der Waals surface area contributed by atoms with Crippen LogP contribution in [0.4, 0.5) is 0 Å². The predicted octanol–water partition coefficient (Wildman–Crippen LogP) is 1.91. The van der Waals surface area contributed by atoms with Crippen LogP contribution in [0.2, 0.25) is 0 Å². The highest BCUT2D eigenvalue weighted by atomic mass is 16.4. The maximum Gasteiger partial charge on any atom is 0.323 e. The van der Waals surface area contributed by atoms with Gasteiger partial charge in [-0.3, -0.25) is 10.1 Å². The molecule has 0 aromatic heterocycles. The van der Waals surface area contributed by atoms with Crippen molar-refractivity contribution in [2.45, 2.75) is 69.9 Å². The second kappa shape index (κ2) is 6.97. The lowest BCUT2D eigenvalue weighted by molar-refractivity contribution is -0.146. The van der Waals surface area contributed by atoms with Crippen LogP contribution in [0.15, 0.2) is 0 Å². The van der Waals surface area contributed by atoms with E-state index >= 15 is 0 Å². The average Bonchev–Trinajstić information content (AvgIpc) is 2.34. The van der Waals surface area contributed by atoms with E-state index in [-0.39, 0.29) is 0 Å². The Hall–Kier alpha value is -0.610. The zero-order chi connectivity index (χ0) is 12.7. The van der Waals surface area contributed by atoms with Gasteiger partial charge < -0.3 is 10.2 Å². The molecule has 1 rings (SSSR count). The zero-order valence-corrected chi connectivity index (χ0v) is 10.7. The summed E-state index contributed by atoms with van der Waals surface area (Å²) >= 11 is 0. The van der Waals surface area contributed by atoms with Crippen LogP contribution in [-0.2, 0) is 4.79 Å². The molecule has 0 aromatic rings. The van der Waals surface area contributed by atoms with E-state index in [0.29, 0.717) is 19.4 Å². The molecule has 0 spiro atoms. The second-order valence-electron chi connectivity index (χ2n) is 5.12. The van der Waals surface area contributed by atoms with Crippen LogP contribution in [0.5, 0.6) is 0 Å². The Morgan fingerprint density at radius 3 is 2.53 bits per heavy atom. The molecule has 4 heteroatoms. The fraction of sp³-hybridized carbons (Fsp3) is 0.923. The van der Waals surface area contributed by atoms with Gasteiger partial charge in [-0.05, 0) is 19.3 Å². The zero-order valence-electron chi connectivity index (χ0n) is 10.7. The molecule has 100 valence electrons. The Morgan fingerprint density at radius 2 is 2.00 bits per heavy atom. The second-order valence-corrected chi connectivity index (χ2v) is 5.12. The molecule has 1 atom stereocenters. The first-order valence-electron chi connectivity index (χ1n) is 6.77. The molecule has 0 amide bonds. The number of aliphatic hydroxyl groups is 1. The molecule has 1 aliphatic rings. The molecular formula is C13H25NO3. The molecule has 1 saturated carbocycles. The standard InChI is InChI=1S/C13H25NO3/c1-2-3-7-11(15)10-14-13(12(16)17)8-5-4-6-9-13/h11,14-15H,2-10H2,1H3,(H,16,17). The quantitative estimate of drug-likeness (QED) is 0.639. The van der Waals surface area contributed by atoms with Gasteiger partial charge in [-0.25, -0.2) is 0 Å². The van der Waals surface area contributed by atoms with Gasteiger partial charge in [0, 0.05) is 6.54 Å². The molecule has 3 N–H and O–H groups in total. The maximum absolute atomic E-state index is 11.4. The van der Waals surface area contributed by atoms with Crippen LogP contribution in [0, 0.1) is 0 Å². The van der Waals surface area contributed by atoms with Crippen LogP contribution >= 0.6 is 0 Å². The van der Waals surface area contributed by atoms with Gasteiger partial charge in [-0.2, -0.15) is 0 Å². The third-order valence-corrected chi connectivity index (χ3v) is 3.68. The van der Waals surface area contributed by atoms with Crippen molar-refractivity contribution in [3.05, 3.63) is 0 Å². The number of nitrogens with one attached hydrogen (secondary N) is 1. The molecule has 0 heterocycles. The Balaban J connectivity index is 2.41. The third kappa shape index (κ3) is 4.28. The van der Waals surface area contributed by atoms with E-state index in [0.717, 1.165) is 38.5 Å². The molecule has 0 saturated heterocycles. The lowest BCUT2D eigenvalue weighted by Gasteiger charge is -2.34. The Labute approximate surface area is 103 Å². The van der Waals surface area contributed by atoms with E-state index in [9.17, 15) is 15.0 Å². The van der Waals surface area contributed by atoms with Crippen LogP contribution in [-0.4, -0.2) is 34.4 Å². The molecule has 1 fully saturated rings. The third-order valence-electron chi connectivity index (χ3n) is 3.68. The smallest absolute Gasteiger partial charge is 0.323 e. The molecule has 0 aromatic carbocycles. The van der Waals surface area contributed by atoms with Crippen molar-refractivity contribution in [1.82, 2.24) is 5.32 Å². The first-order chi connectivity index (χ1) is 8.10. The summed E-state index contributed by atoms with van der Waals surface area (Å²) in [6.07, 6.45) is 6.78. The number of hydrogen-bond acceptors (Lipinski definition) is 3. The number of hydrogen-bond donors (Lipinski definition) is 3. The Kier molecular flexibility index (Phi) is 5.92. The molecule has 0 bridgehead atoms. The molecule has 1 aliphatic carbocycles. The minimum absolute atomic E-state index is 0.395. The highest BCUT2D eigenvalue weighted by molar-refractivity contribution is 5.78. The van der Waals surface area contributed by atoms with Crippen molar-refractivity contribution < 1.29 is 15.0 Å². The first-order valence-corrected chi connectivity index (χ1v) is 6.77. The van der Waals surface area contributed by atoms with Crippen molar-refractivity contribution in [2.24, 2.45) is 0 Å². The summed E-state index contributed by atoms with van der Waals surface area (Å²) in [7, 11) is 0. The number of aliphatic hydroxyl groups excluding tert-OH is 1. The maximum atomic E-state index is 11.4. The summed E-state index contributed by atoms with van der Waals surface area (Å²) in [5, 5.41) is 22.2. The lowest BCUT2D eigenvalue weighted by Crippen LogP contribution is -2.55. The van der Waals surface area contributed by atoms with Crippen molar-refractivity contribution in [3.63, 3.8) is 0 Å².